The number of aliphatic carboxylic acids is 1. The molecule has 6 nitrogen and oxygen atoms in total. The van der Waals surface area contributed by atoms with Crippen molar-refractivity contribution >= 4 is 16.9 Å². The molecule has 0 atom stereocenters. The summed E-state index contributed by atoms with van der Waals surface area (Å²) in [7, 11) is 0. The molecular formula is C26H25NO5. The van der Waals surface area contributed by atoms with Gasteiger partial charge in [-0.05, 0) is 53.4 Å². The maximum atomic E-state index is 11.1. The Labute approximate surface area is 185 Å². The zero-order valence-electron chi connectivity index (χ0n) is 17.6. The summed E-state index contributed by atoms with van der Waals surface area (Å²) in [6.07, 6.45) is 0.432. The van der Waals surface area contributed by atoms with Crippen LogP contribution in [0.1, 0.15) is 22.5 Å². The van der Waals surface area contributed by atoms with Crippen LogP contribution in [0.15, 0.2) is 71.1 Å². The molecule has 0 fully saturated rings. The fraction of sp³-hybridized carbons (Fsp3) is 0.192. The molecule has 0 radical (unpaired) electrons. The van der Waals surface area contributed by atoms with Crippen molar-refractivity contribution in [3.63, 3.8) is 0 Å². The SMILES string of the molecule is NCc1cccc(-c2cc(CCO)cc3cc(COc4ccccc4CC(=O)O)oc23)c1. The normalized spacial score (nSPS) is 11.1. The van der Waals surface area contributed by atoms with Gasteiger partial charge in [0.1, 0.15) is 23.7 Å². The highest BCUT2D eigenvalue weighted by Crippen LogP contribution is 2.34. The Hall–Kier alpha value is -3.61. The first-order valence-electron chi connectivity index (χ1n) is 10.5. The van der Waals surface area contributed by atoms with E-state index in [1.165, 1.54) is 0 Å². The van der Waals surface area contributed by atoms with Gasteiger partial charge < -0.3 is 25.1 Å². The minimum absolute atomic E-state index is 0.0575. The van der Waals surface area contributed by atoms with Crippen LogP contribution in [0.2, 0.25) is 0 Å². The van der Waals surface area contributed by atoms with Gasteiger partial charge in [-0.1, -0.05) is 36.4 Å². The van der Waals surface area contributed by atoms with E-state index in [9.17, 15) is 9.90 Å². The number of aliphatic hydroxyl groups excluding tert-OH is 1. The number of rotatable bonds is 9. The van der Waals surface area contributed by atoms with E-state index in [1.807, 2.05) is 48.5 Å². The van der Waals surface area contributed by atoms with Crippen LogP contribution < -0.4 is 10.5 Å². The molecule has 0 saturated carbocycles. The highest BCUT2D eigenvalue weighted by molar-refractivity contribution is 5.93. The monoisotopic (exact) mass is 431 g/mol. The second kappa shape index (κ2) is 9.68. The first-order chi connectivity index (χ1) is 15.6. The van der Waals surface area contributed by atoms with Crippen LogP contribution in [0, 0.1) is 0 Å². The van der Waals surface area contributed by atoms with E-state index in [4.69, 9.17) is 20.0 Å². The molecule has 164 valence electrons. The molecule has 4 aromatic rings. The van der Waals surface area contributed by atoms with Crippen LogP contribution in [0.5, 0.6) is 5.75 Å². The summed E-state index contributed by atoms with van der Waals surface area (Å²) in [5, 5.41) is 19.5. The predicted octanol–water partition coefficient (Wildman–Crippen LogP) is 4.30. The lowest BCUT2D eigenvalue weighted by Gasteiger charge is -2.09. The minimum atomic E-state index is -0.912. The second-order valence-corrected chi connectivity index (χ2v) is 7.62. The number of benzene rings is 3. The molecule has 3 aromatic carbocycles. The van der Waals surface area contributed by atoms with Crippen molar-refractivity contribution in [3.8, 4) is 16.9 Å². The molecule has 0 aliphatic rings. The number of aliphatic hydroxyl groups is 1. The summed E-state index contributed by atoms with van der Waals surface area (Å²) < 4.78 is 12.1. The summed E-state index contributed by atoms with van der Waals surface area (Å²) in [5.74, 6) is 0.236. The van der Waals surface area contributed by atoms with Crippen molar-refractivity contribution in [1.29, 1.82) is 0 Å². The third-order valence-corrected chi connectivity index (χ3v) is 5.29. The molecule has 0 aliphatic heterocycles. The van der Waals surface area contributed by atoms with Gasteiger partial charge in [-0.2, -0.15) is 0 Å². The Kier molecular flexibility index (Phi) is 6.54. The molecule has 0 bridgehead atoms. The molecule has 1 aromatic heterocycles. The first kappa shape index (κ1) is 21.6. The number of ether oxygens (including phenoxy) is 1. The fourth-order valence-corrected chi connectivity index (χ4v) is 3.80. The fourth-order valence-electron chi connectivity index (χ4n) is 3.80. The molecule has 0 aliphatic carbocycles. The van der Waals surface area contributed by atoms with Crippen molar-refractivity contribution in [2.75, 3.05) is 6.61 Å². The molecule has 0 amide bonds. The van der Waals surface area contributed by atoms with Gasteiger partial charge in [0.25, 0.3) is 0 Å². The zero-order valence-corrected chi connectivity index (χ0v) is 17.6. The highest BCUT2D eigenvalue weighted by Gasteiger charge is 2.14. The number of carboxylic acids is 1. The van der Waals surface area contributed by atoms with Gasteiger partial charge in [-0.3, -0.25) is 4.79 Å². The average molecular weight is 431 g/mol. The van der Waals surface area contributed by atoms with Crippen LogP contribution in [-0.2, 0) is 30.8 Å². The average Bonchev–Trinajstić information content (AvgIpc) is 3.21. The Morgan fingerprint density at radius 3 is 2.62 bits per heavy atom. The van der Waals surface area contributed by atoms with E-state index in [-0.39, 0.29) is 19.6 Å². The largest absolute Gasteiger partial charge is 0.485 e. The topological polar surface area (TPSA) is 106 Å². The Balaban J connectivity index is 1.68. The maximum absolute atomic E-state index is 11.1. The van der Waals surface area contributed by atoms with Gasteiger partial charge in [-0.15, -0.1) is 0 Å². The van der Waals surface area contributed by atoms with Gasteiger partial charge in [0, 0.05) is 29.7 Å². The van der Waals surface area contributed by atoms with Gasteiger partial charge >= 0.3 is 5.97 Å². The smallest absolute Gasteiger partial charge is 0.307 e. The number of fused-ring (bicyclic) bond motifs is 1. The zero-order chi connectivity index (χ0) is 22.5. The van der Waals surface area contributed by atoms with Crippen LogP contribution >= 0.6 is 0 Å². The van der Waals surface area contributed by atoms with Gasteiger partial charge in [0.2, 0.25) is 0 Å². The number of hydrogen-bond acceptors (Lipinski definition) is 5. The quantitative estimate of drug-likeness (QED) is 0.365. The Bertz CT molecular complexity index is 1240. The summed E-state index contributed by atoms with van der Waals surface area (Å²) in [6, 6.07) is 21.1. The van der Waals surface area contributed by atoms with E-state index in [0.29, 0.717) is 30.0 Å². The lowest BCUT2D eigenvalue weighted by Crippen LogP contribution is -2.03. The number of carbonyl (C=O) groups is 1. The molecule has 6 heteroatoms. The summed E-state index contributed by atoms with van der Waals surface area (Å²) in [5.41, 5.74) is 11.1. The molecular weight excluding hydrogens is 406 g/mol. The lowest BCUT2D eigenvalue weighted by atomic mass is 9.98. The standard InChI is InChI=1S/C26H25NO5/c27-15-18-4-3-6-19(11-18)23-12-17(8-9-28)10-21-13-22(32-26(21)23)16-31-24-7-2-1-5-20(24)14-25(29)30/h1-7,10-13,28H,8-9,14-16,27H2,(H,29,30). The van der Waals surface area contributed by atoms with E-state index < -0.39 is 5.97 Å². The highest BCUT2D eigenvalue weighted by atomic mass is 16.5. The van der Waals surface area contributed by atoms with Gasteiger partial charge in [0.15, 0.2) is 0 Å². The van der Waals surface area contributed by atoms with Crippen LogP contribution in [-0.4, -0.2) is 22.8 Å². The van der Waals surface area contributed by atoms with Crippen LogP contribution in [0.25, 0.3) is 22.1 Å². The summed E-state index contributed by atoms with van der Waals surface area (Å²) in [6.45, 7) is 0.672. The lowest BCUT2D eigenvalue weighted by molar-refractivity contribution is -0.136. The molecule has 0 spiro atoms. The molecule has 4 rings (SSSR count). The van der Waals surface area contributed by atoms with Gasteiger partial charge in [-0.25, -0.2) is 0 Å². The molecule has 1 heterocycles. The third-order valence-electron chi connectivity index (χ3n) is 5.29. The van der Waals surface area contributed by atoms with Crippen molar-refractivity contribution in [2.45, 2.75) is 26.0 Å². The maximum Gasteiger partial charge on any atom is 0.307 e. The molecule has 0 saturated heterocycles. The van der Waals surface area contributed by atoms with Crippen LogP contribution in [0.3, 0.4) is 0 Å². The molecule has 0 unspecified atom stereocenters. The van der Waals surface area contributed by atoms with E-state index in [1.54, 1.807) is 18.2 Å². The van der Waals surface area contributed by atoms with E-state index in [0.717, 1.165) is 33.2 Å². The summed E-state index contributed by atoms with van der Waals surface area (Å²) in [4.78, 5) is 11.1. The first-order valence-corrected chi connectivity index (χ1v) is 10.5. The number of carboxylic acid groups (broad SMARTS) is 1. The van der Waals surface area contributed by atoms with E-state index >= 15 is 0 Å². The van der Waals surface area contributed by atoms with Crippen molar-refractivity contribution in [2.24, 2.45) is 5.73 Å². The van der Waals surface area contributed by atoms with Crippen molar-refractivity contribution in [3.05, 3.63) is 89.2 Å². The number of para-hydroxylation sites is 1. The molecule has 4 N–H and O–H groups in total. The minimum Gasteiger partial charge on any atom is -0.485 e. The molecule has 32 heavy (non-hydrogen) atoms. The summed E-state index contributed by atoms with van der Waals surface area (Å²) >= 11 is 0. The van der Waals surface area contributed by atoms with Crippen LogP contribution in [0.4, 0.5) is 0 Å². The van der Waals surface area contributed by atoms with E-state index in [2.05, 4.69) is 0 Å². The van der Waals surface area contributed by atoms with Gasteiger partial charge in [0.05, 0.1) is 6.42 Å². The number of furan rings is 1. The number of hydrogen-bond donors (Lipinski definition) is 3. The third kappa shape index (κ3) is 4.82. The Morgan fingerprint density at radius 2 is 1.84 bits per heavy atom. The van der Waals surface area contributed by atoms with Crippen molar-refractivity contribution in [1.82, 2.24) is 0 Å². The number of nitrogens with two attached hydrogens (primary N) is 1. The predicted molar refractivity (Wildman–Crippen MR) is 122 cm³/mol. The van der Waals surface area contributed by atoms with Crippen molar-refractivity contribution < 1.29 is 24.2 Å². The second-order valence-electron chi connectivity index (χ2n) is 7.62. The Morgan fingerprint density at radius 1 is 1.00 bits per heavy atom.